The van der Waals surface area contributed by atoms with Crippen molar-refractivity contribution >= 4 is 62.5 Å². The molecule has 252 valence electrons. The maximum atomic E-state index is 15.0. The normalized spacial score (nSPS) is 27.9. The van der Waals surface area contributed by atoms with Gasteiger partial charge in [-0.2, -0.15) is 10.2 Å². The predicted molar refractivity (Wildman–Crippen MR) is 181 cm³/mol. The van der Waals surface area contributed by atoms with Crippen LogP contribution in [0.15, 0.2) is 60.2 Å². The van der Waals surface area contributed by atoms with E-state index in [0.29, 0.717) is 27.8 Å². The van der Waals surface area contributed by atoms with E-state index in [4.69, 9.17) is 21.4 Å². The Hall–Kier alpha value is -4.36. The second kappa shape index (κ2) is 11.3. The maximum absolute atomic E-state index is 15.0. The molecule has 8 rings (SSSR count). The zero-order valence-corrected chi connectivity index (χ0v) is 28.5. The number of hydroxylamine groups is 2. The van der Waals surface area contributed by atoms with Crippen LogP contribution in [0.4, 0.5) is 5.82 Å². The molecule has 6 unspecified atom stereocenters. The number of anilines is 1. The number of imide groups is 2. The number of carbonyl (C=O) groups is 4. The first kappa shape index (κ1) is 31.9. The lowest BCUT2D eigenvalue weighted by Crippen LogP contribution is -2.49. The Morgan fingerprint density at radius 3 is 2.61 bits per heavy atom. The molecule has 1 saturated carbocycles. The third kappa shape index (κ3) is 4.43. The number of rotatable bonds is 6. The first-order valence-corrected chi connectivity index (χ1v) is 17.4. The van der Waals surface area contributed by atoms with Gasteiger partial charge < -0.3 is 9.84 Å². The van der Waals surface area contributed by atoms with Crippen molar-refractivity contribution in [2.45, 2.75) is 32.6 Å². The van der Waals surface area contributed by atoms with Gasteiger partial charge in [0.2, 0.25) is 11.8 Å². The van der Waals surface area contributed by atoms with E-state index in [-0.39, 0.29) is 31.1 Å². The lowest BCUT2D eigenvalue weighted by Gasteiger charge is -2.49. The van der Waals surface area contributed by atoms with Crippen LogP contribution in [-0.4, -0.2) is 62.0 Å². The summed E-state index contributed by atoms with van der Waals surface area (Å²) in [5, 5.41) is 26.5. The van der Waals surface area contributed by atoms with Crippen LogP contribution in [0, 0.1) is 36.0 Å². The fourth-order valence-electron chi connectivity index (χ4n) is 8.78. The molecule has 11 nitrogen and oxygen atoms in total. The number of fused-ring (bicyclic) bond motifs is 5. The summed E-state index contributed by atoms with van der Waals surface area (Å²) in [6.07, 6.45) is 2.27. The van der Waals surface area contributed by atoms with E-state index in [1.165, 1.54) is 4.90 Å². The standard InChI is InChI=1S/C36H33ClN4O7S/c1-17-22-14-18(37)8-11-27(22)49-31(17)25-16-28(39(3)38-25)40-33(44)24-15-23-19(9-10-21-29(23)34(45)41(47)32(21)43)30(36(24,2)35(40)46)20-6-4-5-7-26(20)48-13-12-42/h4-9,11,14,16,21,23-24,29-30,42,47H,10,12-13,15H2,1-3H3. The van der Waals surface area contributed by atoms with Crippen LogP contribution in [0.2, 0.25) is 5.02 Å². The Kier molecular flexibility index (Phi) is 7.38. The summed E-state index contributed by atoms with van der Waals surface area (Å²) in [5.74, 6) is -5.15. The molecule has 2 N–H and O–H groups in total. The number of thiophene rings is 1. The first-order chi connectivity index (χ1) is 23.5. The molecule has 3 fully saturated rings. The number of hydrogen-bond acceptors (Lipinski definition) is 9. The molecular weight excluding hydrogens is 668 g/mol. The molecule has 2 aromatic heterocycles. The summed E-state index contributed by atoms with van der Waals surface area (Å²) < 4.78 is 8.55. The lowest BCUT2D eigenvalue weighted by molar-refractivity contribution is -0.173. The molecule has 49 heavy (non-hydrogen) atoms. The summed E-state index contributed by atoms with van der Waals surface area (Å²) in [7, 11) is 1.70. The summed E-state index contributed by atoms with van der Waals surface area (Å²) in [6.45, 7) is 3.58. The smallest absolute Gasteiger partial charge is 0.257 e. The van der Waals surface area contributed by atoms with Crippen molar-refractivity contribution < 1.29 is 34.2 Å². The number of aromatic nitrogens is 2. The third-order valence-electron chi connectivity index (χ3n) is 11.0. The highest BCUT2D eigenvalue weighted by Crippen LogP contribution is 2.64. The average Bonchev–Trinajstić information content (AvgIpc) is 3.75. The van der Waals surface area contributed by atoms with Crippen molar-refractivity contribution in [1.82, 2.24) is 14.8 Å². The topological polar surface area (TPSA) is 142 Å². The fraction of sp³-hybridized carbons (Fsp3) is 0.361. The van der Waals surface area contributed by atoms with Gasteiger partial charge in [-0.1, -0.05) is 41.4 Å². The van der Waals surface area contributed by atoms with Gasteiger partial charge in [0.15, 0.2) is 0 Å². The van der Waals surface area contributed by atoms with Gasteiger partial charge in [-0.3, -0.25) is 29.1 Å². The molecule has 2 aliphatic carbocycles. The summed E-state index contributed by atoms with van der Waals surface area (Å²) in [4.78, 5) is 58.0. The van der Waals surface area contributed by atoms with E-state index in [2.05, 4.69) is 0 Å². The number of para-hydroxylation sites is 1. The number of hydrogen-bond donors (Lipinski definition) is 2. The molecule has 4 amide bonds. The Bertz CT molecular complexity index is 2140. The zero-order valence-electron chi connectivity index (χ0n) is 26.9. The minimum atomic E-state index is -1.30. The van der Waals surface area contributed by atoms with Crippen LogP contribution in [0.1, 0.15) is 36.8 Å². The molecule has 4 aliphatic rings. The number of amides is 4. The molecule has 0 bridgehead atoms. The van der Waals surface area contributed by atoms with Crippen molar-refractivity contribution in [3.05, 3.63) is 76.3 Å². The maximum Gasteiger partial charge on any atom is 0.257 e. The molecule has 4 aromatic rings. The van der Waals surface area contributed by atoms with E-state index in [1.54, 1.807) is 48.2 Å². The van der Waals surface area contributed by atoms with Crippen molar-refractivity contribution in [1.29, 1.82) is 0 Å². The molecule has 2 aliphatic heterocycles. The van der Waals surface area contributed by atoms with Gasteiger partial charge in [-0.05, 0) is 67.8 Å². The third-order valence-corrected chi connectivity index (χ3v) is 12.6. The highest BCUT2D eigenvalue weighted by Gasteiger charge is 2.68. The second-order valence-corrected chi connectivity index (χ2v) is 15.0. The largest absolute Gasteiger partial charge is 0.491 e. The number of nitrogens with zero attached hydrogens (tertiary/aromatic N) is 4. The van der Waals surface area contributed by atoms with Crippen LogP contribution in [0.25, 0.3) is 20.7 Å². The Morgan fingerprint density at radius 1 is 1.06 bits per heavy atom. The quantitative estimate of drug-likeness (QED) is 0.158. The predicted octanol–water partition coefficient (Wildman–Crippen LogP) is 5.25. The average molecular weight is 701 g/mol. The molecule has 2 saturated heterocycles. The Morgan fingerprint density at radius 2 is 1.84 bits per heavy atom. The fourth-order valence-corrected chi connectivity index (χ4v) is 10.1. The van der Waals surface area contributed by atoms with Gasteiger partial charge in [-0.15, -0.1) is 11.3 Å². The van der Waals surface area contributed by atoms with Crippen LogP contribution in [0.5, 0.6) is 5.75 Å². The van der Waals surface area contributed by atoms with Gasteiger partial charge in [0.1, 0.15) is 23.9 Å². The molecule has 0 spiro atoms. The van der Waals surface area contributed by atoms with Crippen LogP contribution in [0.3, 0.4) is 0 Å². The highest BCUT2D eigenvalue weighted by molar-refractivity contribution is 7.22. The van der Waals surface area contributed by atoms with Gasteiger partial charge in [-0.25, -0.2) is 4.90 Å². The number of aliphatic hydroxyl groups excluding tert-OH is 1. The minimum Gasteiger partial charge on any atom is -0.491 e. The van der Waals surface area contributed by atoms with E-state index < -0.39 is 58.6 Å². The summed E-state index contributed by atoms with van der Waals surface area (Å²) >= 11 is 7.84. The molecule has 4 heterocycles. The molecular formula is C36H33ClN4O7S. The van der Waals surface area contributed by atoms with Gasteiger partial charge in [0, 0.05) is 34.3 Å². The molecule has 6 atom stereocenters. The van der Waals surface area contributed by atoms with Gasteiger partial charge >= 0.3 is 0 Å². The van der Waals surface area contributed by atoms with Crippen molar-refractivity contribution in [3.8, 4) is 16.3 Å². The number of ether oxygens (including phenoxy) is 1. The van der Waals surface area contributed by atoms with Crippen molar-refractivity contribution in [2.75, 3.05) is 18.1 Å². The molecule has 0 radical (unpaired) electrons. The molecule has 13 heteroatoms. The highest BCUT2D eigenvalue weighted by atomic mass is 35.5. The van der Waals surface area contributed by atoms with Crippen LogP contribution in [-0.2, 0) is 26.2 Å². The Balaban J connectivity index is 1.26. The summed E-state index contributed by atoms with van der Waals surface area (Å²) in [5.41, 5.74) is 1.72. The summed E-state index contributed by atoms with van der Waals surface area (Å²) in [6, 6.07) is 14.7. The lowest BCUT2D eigenvalue weighted by atomic mass is 9.51. The second-order valence-electron chi connectivity index (χ2n) is 13.5. The number of allylic oxidation sites excluding steroid dienone is 2. The zero-order chi connectivity index (χ0) is 34.5. The monoisotopic (exact) mass is 700 g/mol. The van der Waals surface area contributed by atoms with E-state index in [1.807, 2.05) is 43.3 Å². The van der Waals surface area contributed by atoms with Gasteiger partial charge in [0.05, 0.1) is 34.7 Å². The molecule has 2 aromatic carbocycles. The van der Waals surface area contributed by atoms with E-state index >= 15 is 0 Å². The number of carbonyl (C=O) groups excluding carboxylic acids is 4. The SMILES string of the molecule is Cc1c(-c2cc(N3C(=O)C4CC5C(=CCC6C(=O)N(O)C(=O)C65)C(c5ccccc5OCCO)C4(C)C3=O)n(C)n2)sc2ccc(Cl)cc12. The number of halogens is 1. The number of aryl methyl sites for hydroxylation is 2. The number of benzene rings is 2. The van der Waals surface area contributed by atoms with E-state index in [0.717, 1.165) is 26.1 Å². The van der Waals surface area contributed by atoms with Crippen LogP contribution >= 0.6 is 22.9 Å². The van der Waals surface area contributed by atoms with Crippen LogP contribution < -0.4 is 9.64 Å². The van der Waals surface area contributed by atoms with Crippen molar-refractivity contribution in [2.24, 2.45) is 36.1 Å². The van der Waals surface area contributed by atoms with Crippen molar-refractivity contribution in [3.63, 3.8) is 0 Å². The first-order valence-electron chi connectivity index (χ1n) is 16.2. The van der Waals surface area contributed by atoms with E-state index in [9.17, 15) is 29.5 Å². The van der Waals surface area contributed by atoms with Gasteiger partial charge in [0.25, 0.3) is 11.8 Å². The number of aliphatic hydroxyl groups is 1. The minimum absolute atomic E-state index is 0.0175. The Labute approximate surface area is 290 Å².